The van der Waals surface area contributed by atoms with Gasteiger partial charge in [0.1, 0.15) is 11.9 Å². The molecule has 1 fully saturated rings. The van der Waals surface area contributed by atoms with Crippen LogP contribution in [0.2, 0.25) is 0 Å². The van der Waals surface area contributed by atoms with E-state index in [1.54, 1.807) is 19.3 Å². The highest BCUT2D eigenvalue weighted by molar-refractivity contribution is 5.80. The number of rotatable bonds is 6. The number of nitrogens with one attached hydrogen (secondary N) is 2. The molecule has 5 nitrogen and oxygen atoms in total. The predicted molar refractivity (Wildman–Crippen MR) is 71.6 cm³/mol. The molecular formula is C14H22N2O3. The Morgan fingerprint density at radius 3 is 3.26 bits per heavy atom. The van der Waals surface area contributed by atoms with E-state index in [1.165, 1.54) is 12.8 Å². The summed E-state index contributed by atoms with van der Waals surface area (Å²) >= 11 is 0. The van der Waals surface area contributed by atoms with Crippen molar-refractivity contribution in [2.75, 3.05) is 19.7 Å². The largest absolute Gasteiger partial charge is 0.467 e. The lowest BCUT2D eigenvalue weighted by molar-refractivity contribution is -0.132. The van der Waals surface area contributed by atoms with E-state index in [0.717, 1.165) is 18.8 Å². The summed E-state index contributed by atoms with van der Waals surface area (Å²) in [6.07, 6.45) is 3.54. The molecule has 1 aromatic heterocycles. The molecule has 1 aliphatic rings. The summed E-state index contributed by atoms with van der Waals surface area (Å²) in [6.45, 7) is 4.91. The Labute approximate surface area is 113 Å². The molecule has 0 radical (unpaired) electrons. The van der Waals surface area contributed by atoms with Gasteiger partial charge in [0.15, 0.2) is 0 Å². The topological polar surface area (TPSA) is 63.5 Å². The van der Waals surface area contributed by atoms with Crippen molar-refractivity contribution < 1.29 is 13.9 Å². The third-order valence-corrected chi connectivity index (χ3v) is 3.37. The van der Waals surface area contributed by atoms with E-state index in [2.05, 4.69) is 10.6 Å². The highest BCUT2D eigenvalue weighted by Gasteiger charge is 2.18. The van der Waals surface area contributed by atoms with Crippen LogP contribution in [0.25, 0.3) is 0 Å². The number of piperidine rings is 1. The van der Waals surface area contributed by atoms with Gasteiger partial charge in [0.25, 0.3) is 0 Å². The average Bonchev–Trinajstić information content (AvgIpc) is 2.96. The van der Waals surface area contributed by atoms with Crippen molar-refractivity contribution in [1.82, 2.24) is 10.6 Å². The number of carbonyl (C=O) groups is 1. The molecule has 0 aliphatic carbocycles. The number of ether oxygens (including phenoxy) is 1. The molecule has 2 N–H and O–H groups in total. The summed E-state index contributed by atoms with van der Waals surface area (Å²) in [7, 11) is 0. The van der Waals surface area contributed by atoms with Gasteiger partial charge in [0.05, 0.1) is 19.4 Å². The Morgan fingerprint density at radius 2 is 2.58 bits per heavy atom. The van der Waals surface area contributed by atoms with E-state index in [-0.39, 0.29) is 5.91 Å². The molecular weight excluding hydrogens is 244 g/mol. The first-order chi connectivity index (χ1) is 9.25. The summed E-state index contributed by atoms with van der Waals surface area (Å²) in [4.78, 5) is 11.8. The van der Waals surface area contributed by atoms with Crippen LogP contribution in [0.5, 0.6) is 0 Å². The molecule has 2 unspecified atom stereocenters. The fourth-order valence-corrected chi connectivity index (χ4v) is 2.15. The number of carbonyl (C=O) groups excluding carboxylic acids is 1. The van der Waals surface area contributed by atoms with Crippen molar-refractivity contribution in [2.45, 2.75) is 32.4 Å². The Balaban J connectivity index is 1.64. The molecule has 0 saturated carbocycles. The summed E-state index contributed by atoms with van der Waals surface area (Å²) in [5.74, 6) is 1.17. The molecule has 2 heterocycles. The Morgan fingerprint density at radius 1 is 1.68 bits per heavy atom. The zero-order chi connectivity index (χ0) is 13.5. The van der Waals surface area contributed by atoms with Crippen molar-refractivity contribution in [3.63, 3.8) is 0 Å². The molecule has 5 heteroatoms. The van der Waals surface area contributed by atoms with Crippen molar-refractivity contribution in [3.8, 4) is 0 Å². The lowest BCUT2D eigenvalue weighted by Crippen LogP contribution is -2.37. The first-order valence-electron chi connectivity index (χ1n) is 6.88. The van der Waals surface area contributed by atoms with Gasteiger partial charge in [0, 0.05) is 6.54 Å². The normalized spacial score (nSPS) is 21.0. The summed E-state index contributed by atoms with van der Waals surface area (Å²) in [5, 5.41) is 6.14. The van der Waals surface area contributed by atoms with Crippen LogP contribution >= 0.6 is 0 Å². The van der Waals surface area contributed by atoms with Crippen LogP contribution in [0.15, 0.2) is 22.8 Å². The van der Waals surface area contributed by atoms with Gasteiger partial charge in [-0.2, -0.15) is 0 Å². The van der Waals surface area contributed by atoms with Crippen LogP contribution < -0.4 is 10.6 Å². The predicted octanol–water partition coefficient (Wildman–Crippen LogP) is 1.30. The lowest BCUT2D eigenvalue weighted by atomic mass is 10.0. The first kappa shape index (κ1) is 14.1. The quantitative estimate of drug-likeness (QED) is 0.814. The number of hydrogen-bond acceptors (Lipinski definition) is 4. The van der Waals surface area contributed by atoms with Crippen LogP contribution in [0, 0.1) is 5.92 Å². The monoisotopic (exact) mass is 266 g/mol. The second-order valence-electron chi connectivity index (χ2n) is 4.99. The van der Waals surface area contributed by atoms with E-state index < -0.39 is 6.10 Å². The van der Waals surface area contributed by atoms with Crippen LogP contribution in [0.3, 0.4) is 0 Å². The maximum atomic E-state index is 11.8. The van der Waals surface area contributed by atoms with Crippen molar-refractivity contribution in [1.29, 1.82) is 0 Å². The van der Waals surface area contributed by atoms with Crippen LogP contribution in [0.1, 0.15) is 25.5 Å². The van der Waals surface area contributed by atoms with Gasteiger partial charge in [-0.25, -0.2) is 0 Å². The van der Waals surface area contributed by atoms with Gasteiger partial charge in [-0.05, 0) is 44.4 Å². The molecule has 1 amide bonds. The van der Waals surface area contributed by atoms with Crippen LogP contribution in [-0.4, -0.2) is 31.7 Å². The fraction of sp³-hybridized carbons (Fsp3) is 0.643. The molecule has 2 atom stereocenters. The standard InChI is InChI=1S/C14H22N2O3/c1-11(19-10-12-4-2-6-15-8-12)14(17)16-9-13-5-3-7-18-13/h3,5,7,11-12,15H,2,4,6,8-10H2,1H3,(H,16,17). The molecule has 1 aromatic rings. The summed E-state index contributed by atoms with van der Waals surface area (Å²) in [5.41, 5.74) is 0. The Hall–Kier alpha value is -1.33. The Kier molecular flexibility index (Phi) is 5.42. The van der Waals surface area contributed by atoms with E-state index in [9.17, 15) is 4.79 Å². The van der Waals surface area contributed by atoms with E-state index in [1.807, 2.05) is 6.07 Å². The number of amides is 1. The second kappa shape index (κ2) is 7.31. The van der Waals surface area contributed by atoms with E-state index >= 15 is 0 Å². The van der Waals surface area contributed by atoms with Gasteiger partial charge in [-0.3, -0.25) is 4.79 Å². The van der Waals surface area contributed by atoms with Crippen molar-refractivity contribution in [3.05, 3.63) is 24.2 Å². The van der Waals surface area contributed by atoms with Gasteiger partial charge in [0.2, 0.25) is 5.91 Å². The number of hydrogen-bond donors (Lipinski definition) is 2. The van der Waals surface area contributed by atoms with Crippen molar-refractivity contribution in [2.24, 2.45) is 5.92 Å². The fourth-order valence-electron chi connectivity index (χ4n) is 2.15. The highest BCUT2D eigenvalue weighted by Crippen LogP contribution is 2.11. The summed E-state index contributed by atoms with van der Waals surface area (Å²) in [6, 6.07) is 3.64. The maximum absolute atomic E-state index is 11.8. The molecule has 0 aromatic carbocycles. The van der Waals surface area contributed by atoms with E-state index in [4.69, 9.17) is 9.15 Å². The lowest BCUT2D eigenvalue weighted by Gasteiger charge is -2.24. The van der Waals surface area contributed by atoms with Gasteiger partial charge >= 0.3 is 0 Å². The smallest absolute Gasteiger partial charge is 0.249 e. The molecule has 19 heavy (non-hydrogen) atoms. The Bertz CT molecular complexity index is 372. The third kappa shape index (κ3) is 4.69. The maximum Gasteiger partial charge on any atom is 0.249 e. The van der Waals surface area contributed by atoms with Crippen LogP contribution in [-0.2, 0) is 16.1 Å². The molecule has 106 valence electrons. The van der Waals surface area contributed by atoms with Crippen LogP contribution in [0.4, 0.5) is 0 Å². The van der Waals surface area contributed by atoms with Gasteiger partial charge in [-0.1, -0.05) is 0 Å². The minimum atomic E-state index is -0.420. The molecule has 0 spiro atoms. The van der Waals surface area contributed by atoms with Crippen molar-refractivity contribution >= 4 is 5.91 Å². The minimum absolute atomic E-state index is 0.0971. The zero-order valence-corrected chi connectivity index (χ0v) is 11.4. The highest BCUT2D eigenvalue weighted by atomic mass is 16.5. The zero-order valence-electron chi connectivity index (χ0n) is 11.4. The molecule has 2 rings (SSSR count). The second-order valence-corrected chi connectivity index (χ2v) is 4.99. The average molecular weight is 266 g/mol. The number of furan rings is 1. The molecule has 0 bridgehead atoms. The molecule has 1 aliphatic heterocycles. The molecule has 1 saturated heterocycles. The first-order valence-corrected chi connectivity index (χ1v) is 6.88. The summed E-state index contributed by atoms with van der Waals surface area (Å²) < 4.78 is 10.8. The minimum Gasteiger partial charge on any atom is -0.467 e. The SMILES string of the molecule is CC(OCC1CCCNC1)C(=O)NCc1ccco1. The van der Waals surface area contributed by atoms with Gasteiger partial charge in [-0.15, -0.1) is 0 Å². The third-order valence-electron chi connectivity index (χ3n) is 3.37. The van der Waals surface area contributed by atoms with Gasteiger partial charge < -0.3 is 19.8 Å². The van der Waals surface area contributed by atoms with E-state index in [0.29, 0.717) is 19.1 Å².